The summed E-state index contributed by atoms with van der Waals surface area (Å²) in [4.78, 5) is 30.1. The summed E-state index contributed by atoms with van der Waals surface area (Å²) in [6.45, 7) is 2.98. The van der Waals surface area contributed by atoms with Gasteiger partial charge in [0.15, 0.2) is 6.29 Å². The Labute approximate surface area is 158 Å². The number of rotatable bonds is 6. The number of aldehydes is 1. The van der Waals surface area contributed by atoms with Crippen molar-refractivity contribution in [3.63, 3.8) is 0 Å². The monoisotopic (exact) mass is 368 g/mol. The molecular weight excluding hydrogens is 344 g/mol. The summed E-state index contributed by atoms with van der Waals surface area (Å²) in [5.74, 6) is 0.267. The maximum absolute atomic E-state index is 12.9. The minimum Gasteiger partial charge on any atom is -0.507 e. The number of carbonyl (C=O) groups is 2. The Hall–Kier alpha value is -2.89. The molecule has 0 unspecified atom stereocenters. The number of phenols is 1. The summed E-state index contributed by atoms with van der Waals surface area (Å²) in [6, 6.07) is 8.50. The first-order valence-corrected chi connectivity index (χ1v) is 9.23. The molecule has 0 bridgehead atoms. The van der Waals surface area contributed by atoms with Crippen molar-refractivity contribution in [2.45, 2.75) is 38.6 Å². The van der Waals surface area contributed by atoms with Crippen LogP contribution in [0.1, 0.15) is 52.1 Å². The van der Waals surface area contributed by atoms with E-state index in [1.54, 1.807) is 18.3 Å². The predicted octanol–water partition coefficient (Wildman–Crippen LogP) is 3.37. The number of carbonyl (C=O) groups excluding carboxylic acids is 2. The van der Waals surface area contributed by atoms with Crippen molar-refractivity contribution in [1.29, 1.82) is 0 Å². The van der Waals surface area contributed by atoms with Gasteiger partial charge in [0.05, 0.1) is 17.7 Å². The first-order valence-electron chi connectivity index (χ1n) is 9.23. The number of aromatic hydroxyl groups is 1. The van der Waals surface area contributed by atoms with Gasteiger partial charge in [-0.3, -0.25) is 14.6 Å². The fourth-order valence-corrected chi connectivity index (χ4v) is 3.41. The molecule has 2 heterocycles. The van der Waals surface area contributed by atoms with Gasteiger partial charge in [-0.2, -0.15) is 0 Å². The Morgan fingerprint density at radius 2 is 2.19 bits per heavy atom. The van der Waals surface area contributed by atoms with Crippen LogP contribution in [0.15, 0.2) is 36.5 Å². The van der Waals surface area contributed by atoms with Crippen molar-refractivity contribution in [3.8, 4) is 11.5 Å². The zero-order chi connectivity index (χ0) is 19.2. The van der Waals surface area contributed by atoms with E-state index in [2.05, 4.69) is 4.98 Å². The third-order valence-electron chi connectivity index (χ3n) is 4.92. The Kier molecular flexibility index (Phi) is 6.06. The number of aromatic nitrogens is 1. The summed E-state index contributed by atoms with van der Waals surface area (Å²) in [7, 11) is 0. The third kappa shape index (κ3) is 4.45. The summed E-state index contributed by atoms with van der Waals surface area (Å²) >= 11 is 0. The number of hydrogen-bond acceptors (Lipinski definition) is 5. The van der Waals surface area contributed by atoms with E-state index in [-0.39, 0.29) is 23.3 Å². The normalized spacial score (nSPS) is 16.8. The fourth-order valence-electron chi connectivity index (χ4n) is 3.41. The molecule has 0 saturated carbocycles. The lowest BCUT2D eigenvalue weighted by atomic mass is 9.98. The highest BCUT2D eigenvalue weighted by Crippen LogP contribution is 2.27. The lowest BCUT2D eigenvalue weighted by molar-refractivity contribution is 0.0580. The van der Waals surface area contributed by atoms with Crippen LogP contribution in [0.2, 0.25) is 0 Å². The average molecular weight is 368 g/mol. The van der Waals surface area contributed by atoms with Crippen LogP contribution in [-0.2, 0) is 0 Å². The lowest BCUT2D eigenvalue weighted by Gasteiger charge is -2.36. The molecule has 0 spiro atoms. The number of pyridine rings is 1. The summed E-state index contributed by atoms with van der Waals surface area (Å²) in [5.41, 5.74) is 1.64. The van der Waals surface area contributed by atoms with E-state index in [0.29, 0.717) is 30.6 Å². The van der Waals surface area contributed by atoms with Gasteiger partial charge in [-0.25, -0.2) is 0 Å². The summed E-state index contributed by atoms with van der Waals surface area (Å²) < 4.78 is 5.72. The standard InChI is InChI=1S/C21H24N2O4/c1-15-8-9-16(13-22-15)21(26)23-11-3-2-5-17(23)10-12-27-20-7-4-6-19(25)18(20)14-24/h4,6-9,13-14,17,25H,2-3,5,10-12H2,1H3/t17-/m0/s1. The van der Waals surface area contributed by atoms with Crippen LogP contribution in [0.5, 0.6) is 11.5 Å². The number of benzene rings is 1. The number of hydrogen-bond donors (Lipinski definition) is 1. The summed E-state index contributed by atoms with van der Waals surface area (Å²) in [6.07, 6.45) is 5.87. The fraction of sp³-hybridized carbons (Fsp3) is 0.381. The van der Waals surface area contributed by atoms with Gasteiger partial charge in [-0.15, -0.1) is 0 Å². The Morgan fingerprint density at radius 1 is 1.33 bits per heavy atom. The maximum atomic E-state index is 12.9. The van der Waals surface area contributed by atoms with Crippen molar-refractivity contribution in [2.24, 2.45) is 0 Å². The lowest BCUT2D eigenvalue weighted by Crippen LogP contribution is -2.44. The van der Waals surface area contributed by atoms with E-state index >= 15 is 0 Å². The zero-order valence-corrected chi connectivity index (χ0v) is 15.4. The van der Waals surface area contributed by atoms with Crippen molar-refractivity contribution in [1.82, 2.24) is 9.88 Å². The number of nitrogens with zero attached hydrogens (tertiary/aromatic N) is 2. The molecule has 1 aliphatic rings. The molecule has 27 heavy (non-hydrogen) atoms. The van der Waals surface area contributed by atoms with Crippen LogP contribution in [0, 0.1) is 6.92 Å². The van der Waals surface area contributed by atoms with E-state index in [1.807, 2.05) is 24.0 Å². The molecule has 3 rings (SSSR count). The molecule has 1 saturated heterocycles. The minimum atomic E-state index is -0.0937. The largest absolute Gasteiger partial charge is 0.507 e. The number of amides is 1. The Morgan fingerprint density at radius 3 is 2.93 bits per heavy atom. The highest BCUT2D eigenvalue weighted by atomic mass is 16.5. The highest BCUT2D eigenvalue weighted by molar-refractivity contribution is 5.94. The molecule has 1 N–H and O–H groups in total. The third-order valence-corrected chi connectivity index (χ3v) is 4.92. The van der Waals surface area contributed by atoms with Gasteiger partial charge in [0.25, 0.3) is 5.91 Å². The molecule has 6 heteroatoms. The molecule has 1 aromatic heterocycles. The van der Waals surface area contributed by atoms with E-state index in [1.165, 1.54) is 6.07 Å². The van der Waals surface area contributed by atoms with Crippen LogP contribution in [0.4, 0.5) is 0 Å². The number of phenolic OH excluding ortho intramolecular Hbond substituents is 1. The average Bonchev–Trinajstić information content (AvgIpc) is 2.68. The molecule has 142 valence electrons. The number of likely N-dealkylation sites (tertiary alicyclic amines) is 1. The smallest absolute Gasteiger partial charge is 0.255 e. The highest BCUT2D eigenvalue weighted by Gasteiger charge is 2.27. The Balaban J connectivity index is 1.64. The minimum absolute atomic E-state index is 0.00173. The first-order chi connectivity index (χ1) is 13.1. The van der Waals surface area contributed by atoms with Crippen molar-refractivity contribution >= 4 is 12.2 Å². The van der Waals surface area contributed by atoms with Crippen molar-refractivity contribution in [3.05, 3.63) is 53.3 Å². The van der Waals surface area contributed by atoms with Gasteiger partial charge < -0.3 is 14.7 Å². The SMILES string of the molecule is Cc1ccc(C(=O)N2CCCC[C@H]2CCOc2cccc(O)c2C=O)cn1. The van der Waals surface area contributed by atoms with Crippen LogP contribution >= 0.6 is 0 Å². The molecular formula is C21H24N2O4. The zero-order valence-electron chi connectivity index (χ0n) is 15.4. The molecule has 1 amide bonds. The van der Waals surface area contributed by atoms with E-state index in [0.717, 1.165) is 31.5 Å². The second kappa shape index (κ2) is 8.66. The molecule has 0 aliphatic carbocycles. The molecule has 1 aliphatic heterocycles. The van der Waals surface area contributed by atoms with Crippen LogP contribution < -0.4 is 4.74 Å². The number of aryl methyl sites for hydroxylation is 1. The summed E-state index contributed by atoms with van der Waals surface area (Å²) in [5, 5.41) is 9.73. The quantitative estimate of drug-likeness (QED) is 0.791. The van der Waals surface area contributed by atoms with E-state index in [9.17, 15) is 14.7 Å². The van der Waals surface area contributed by atoms with E-state index in [4.69, 9.17) is 4.74 Å². The van der Waals surface area contributed by atoms with Gasteiger partial charge >= 0.3 is 0 Å². The van der Waals surface area contributed by atoms with Gasteiger partial charge in [0.2, 0.25) is 0 Å². The van der Waals surface area contributed by atoms with E-state index < -0.39 is 0 Å². The second-order valence-electron chi connectivity index (χ2n) is 6.78. The van der Waals surface area contributed by atoms with Gasteiger partial charge in [0.1, 0.15) is 11.5 Å². The molecule has 6 nitrogen and oxygen atoms in total. The molecule has 1 aromatic carbocycles. The van der Waals surface area contributed by atoms with Crippen LogP contribution in [0.25, 0.3) is 0 Å². The predicted molar refractivity (Wildman–Crippen MR) is 101 cm³/mol. The number of piperidine rings is 1. The van der Waals surface area contributed by atoms with Crippen LogP contribution in [-0.4, -0.2) is 46.4 Å². The molecule has 0 radical (unpaired) electrons. The van der Waals surface area contributed by atoms with Crippen LogP contribution in [0.3, 0.4) is 0 Å². The molecule has 2 aromatic rings. The second-order valence-corrected chi connectivity index (χ2v) is 6.78. The maximum Gasteiger partial charge on any atom is 0.255 e. The number of ether oxygens (including phenoxy) is 1. The van der Waals surface area contributed by atoms with Gasteiger partial charge in [-0.05, 0) is 50.5 Å². The molecule has 1 atom stereocenters. The molecule has 1 fully saturated rings. The van der Waals surface area contributed by atoms with Crippen molar-refractivity contribution < 1.29 is 19.4 Å². The first kappa shape index (κ1) is 18.9. The van der Waals surface area contributed by atoms with Gasteiger partial charge in [-0.1, -0.05) is 6.07 Å². The topological polar surface area (TPSA) is 79.7 Å². The Bertz CT molecular complexity index is 804. The van der Waals surface area contributed by atoms with Crippen molar-refractivity contribution in [2.75, 3.05) is 13.2 Å². The van der Waals surface area contributed by atoms with Gasteiger partial charge in [0, 0.05) is 30.9 Å².